The Balaban J connectivity index is 1.77. The van der Waals surface area contributed by atoms with Gasteiger partial charge in [0.2, 0.25) is 15.9 Å². The molecule has 2 aromatic rings. The third-order valence-corrected chi connectivity index (χ3v) is 5.93. The Kier molecular flexibility index (Phi) is 4.92. The minimum Gasteiger partial charge on any atom is -0.338 e. The van der Waals surface area contributed by atoms with E-state index >= 15 is 0 Å². The van der Waals surface area contributed by atoms with Crippen molar-refractivity contribution in [3.05, 3.63) is 64.7 Å². The Morgan fingerprint density at radius 2 is 1.84 bits per heavy atom. The highest BCUT2D eigenvalue weighted by molar-refractivity contribution is 7.89. The molecule has 2 aromatic carbocycles. The van der Waals surface area contributed by atoms with Crippen molar-refractivity contribution in [1.29, 1.82) is 0 Å². The lowest BCUT2D eigenvalue weighted by molar-refractivity contribution is -0.129. The predicted octanol–water partition coefficient (Wildman–Crippen LogP) is 2.38. The Morgan fingerprint density at radius 1 is 1.12 bits per heavy atom. The number of hydrogen-bond donors (Lipinski definition) is 1. The van der Waals surface area contributed by atoms with E-state index in [0.29, 0.717) is 13.1 Å². The van der Waals surface area contributed by atoms with E-state index in [1.165, 1.54) is 6.92 Å². The lowest BCUT2D eigenvalue weighted by Gasteiger charge is -2.28. The summed E-state index contributed by atoms with van der Waals surface area (Å²) in [5.41, 5.74) is 4.06. The molecule has 0 saturated heterocycles. The van der Waals surface area contributed by atoms with E-state index in [1.54, 1.807) is 17.0 Å². The summed E-state index contributed by atoms with van der Waals surface area (Å²) in [6.07, 6.45) is 0.756. The Hall–Kier alpha value is -2.18. The van der Waals surface area contributed by atoms with Gasteiger partial charge in [-0.3, -0.25) is 4.79 Å². The van der Waals surface area contributed by atoms with Crippen molar-refractivity contribution in [2.75, 3.05) is 6.54 Å². The minimum atomic E-state index is -3.59. The van der Waals surface area contributed by atoms with Crippen molar-refractivity contribution in [3.63, 3.8) is 0 Å². The number of aryl methyl sites for hydroxylation is 1. The molecule has 0 unspecified atom stereocenters. The second-order valence-electron chi connectivity index (χ2n) is 6.43. The molecule has 132 valence electrons. The van der Waals surface area contributed by atoms with Crippen molar-refractivity contribution in [3.8, 4) is 0 Å². The molecule has 5 nitrogen and oxygen atoms in total. The molecule has 0 atom stereocenters. The maximum atomic E-state index is 12.6. The lowest BCUT2D eigenvalue weighted by atomic mass is 10.00. The van der Waals surface area contributed by atoms with Crippen LogP contribution in [-0.2, 0) is 34.3 Å². The highest BCUT2D eigenvalue weighted by Gasteiger charge is 2.21. The second kappa shape index (κ2) is 6.98. The van der Waals surface area contributed by atoms with E-state index in [-0.39, 0.29) is 17.3 Å². The van der Waals surface area contributed by atoms with Gasteiger partial charge < -0.3 is 4.90 Å². The summed E-state index contributed by atoms with van der Waals surface area (Å²) in [7, 11) is -3.59. The number of fused-ring (bicyclic) bond motifs is 1. The largest absolute Gasteiger partial charge is 0.338 e. The molecular weight excluding hydrogens is 336 g/mol. The van der Waals surface area contributed by atoms with Crippen molar-refractivity contribution in [1.82, 2.24) is 9.62 Å². The fourth-order valence-electron chi connectivity index (χ4n) is 2.94. The number of carbonyl (C=O) groups is 1. The van der Waals surface area contributed by atoms with Crippen LogP contribution in [0.2, 0.25) is 0 Å². The molecule has 0 fully saturated rings. The van der Waals surface area contributed by atoms with Gasteiger partial charge in [-0.1, -0.05) is 35.9 Å². The van der Waals surface area contributed by atoms with E-state index in [0.717, 1.165) is 28.7 Å². The zero-order valence-corrected chi connectivity index (χ0v) is 15.3. The molecule has 3 rings (SSSR count). The van der Waals surface area contributed by atoms with Gasteiger partial charge in [-0.15, -0.1) is 0 Å². The van der Waals surface area contributed by atoms with Crippen LogP contribution in [0.3, 0.4) is 0 Å². The van der Waals surface area contributed by atoms with Gasteiger partial charge in [0.1, 0.15) is 0 Å². The molecule has 0 aromatic heterocycles. The maximum absolute atomic E-state index is 12.6. The Morgan fingerprint density at radius 3 is 2.52 bits per heavy atom. The number of sulfonamides is 1. The molecule has 1 aliphatic rings. The first-order chi connectivity index (χ1) is 11.8. The Labute approximate surface area is 148 Å². The van der Waals surface area contributed by atoms with Crippen molar-refractivity contribution >= 4 is 15.9 Å². The van der Waals surface area contributed by atoms with E-state index in [4.69, 9.17) is 0 Å². The Bertz CT molecular complexity index is 889. The van der Waals surface area contributed by atoms with Crippen LogP contribution in [-0.4, -0.2) is 25.8 Å². The van der Waals surface area contributed by atoms with Crippen molar-refractivity contribution in [2.45, 2.75) is 38.3 Å². The summed E-state index contributed by atoms with van der Waals surface area (Å²) in [6, 6.07) is 12.9. The molecule has 25 heavy (non-hydrogen) atoms. The first-order valence-electron chi connectivity index (χ1n) is 8.28. The molecule has 1 amide bonds. The highest BCUT2D eigenvalue weighted by atomic mass is 32.2. The molecule has 0 spiro atoms. The van der Waals surface area contributed by atoms with E-state index in [9.17, 15) is 13.2 Å². The smallest absolute Gasteiger partial charge is 0.240 e. The van der Waals surface area contributed by atoms with Crippen molar-refractivity contribution < 1.29 is 13.2 Å². The molecule has 0 saturated carbocycles. The van der Waals surface area contributed by atoms with E-state index in [1.807, 2.05) is 37.3 Å². The van der Waals surface area contributed by atoms with Crippen LogP contribution in [0, 0.1) is 6.92 Å². The predicted molar refractivity (Wildman–Crippen MR) is 96.4 cm³/mol. The molecule has 1 N–H and O–H groups in total. The zero-order chi connectivity index (χ0) is 18.0. The summed E-state index contributed by atoms with van der Waals surface area (Å²) in [4.78, 5) is 13.5. The molecule has 0 bridgehead atoms. The summed E-state index contributed by atoms with van der Waals surface area (Å²) in [6.45, 7) is 4.92. The summed E-state index contributed by atoms with van der Waals surface area (Å²) in [5, 5.41) is 0. The van der Waals surface area contributed by atoms with Crippen LogP contribution in [0.1, 0.15) is 29.2 Å². The number of amides is 1. The van der Waals surface area contributed by atoms with Gasteiger partial charge in [0.15, 0.2) is 0 Å². The number of carbonyl (C=O) groups excluding carboxylic acids is 1. The molecule has 1 heterocycles. The standard InChI is InChI=1S/C19H22N2O3S/c1-14-3-5-16(6-4-14)12-20-25(23,24)19-8-7-17-9-10-21(15(2)22)13-18(17)11-19/h3-8,11,20H,9-10,12-13H2,1-2H3. The lowest BCUT2D eigenvalue weighted by Crippen LogP contribution is -2.34. The zero-order valence-electron chi connectivity index (χ0n) is 14.5. The summed E-state index contributed by atoms with van der Waals surface area (Å²) >= 11 is 0. The molecule has 1 aliphatic heterocycles. The number of hydrogen-bond acceptors (Lipinski definition) is 3. The topological polar surface area (TPSA) is 66.5 Å². The number of nitrogens with one attached hydrogen (secondary N) is 1. The van der Waals surface area contributed by atoms with E-state index in [2.05, 4.69) is 4.72 Å². The average Bonchev–Trinajstić information content (AvgIpc) is 2.60. The third kappa shape index (κ3) is 4.08. The molecular formula is C19H22N2O3S. The van der Waals surface area contributed by atoms with Gasteiger partial charge in [-0.2, -0.15) is 0 Å². The fourth-order valence-corrected chi connectivity index (χ4v) is 4.00. The first-order valence-corrected chi connectivity index (χ1v) is 9.76. The van der Waals surface area contributed by atoms with Gasteiger partial charge in [-0.05, 0) is 42.2 Å². The van der Waals surface area contributed by atoms with Crippen LogP contribution in [0.4, 0.5) is 0 Å². The SMILES string of the molecule is CC(=O)N1CCc2ccc(S(=O)(=O)NCc3ccc(C)cc3)cc2C1. The second-order valence-corrected chi connectivity index (χ2v) is 8.20. The fraction of sp³-hybridized carbons (Fsp3) is 0.316. The van der Waals surface area contributed by atoms with Gasteiger partial charge in [0, 0.05) is 26.6 Å². The van der Waals surface area contributed by atoms with Gasteiger partial charge in [-0.25, -0.2) is 13.1 Å². The van der Waals surface area contributed by atoms with Crippen LogP contribution in [0.15, 0.2) is 47.4 Å². The van der Waals surface area contributed by atoms with E-state index < -0.39 is 10.0 Å². The highest BCUT2D eigenvalue weighted by Crippen LogP contribution is 2.22. The van der Waals surface area contributed by atoms with Crippen LogP contribution < -0.4 is 4.72 Å². The van der Waals surface area contributed by atoms with Gasteiger partial charge in [0.05, 0.1) is 4.90 Å². The van der Waals surface area contributed by atoms with Crippen LogP contribution in [0.25, 0.3) is 0 Å². The maximum Gasteiger partial charge on any atom is 0.240 e. The summed E-state index contributed by atoms with van der Waals surface area (Å²) < 4.78 is 27.8. The number of nitrogens with zero attached hydrogens (tertiary/aromatic N) is 1. The summed E-state index contributed by atoms with van der Waals surface area (Å²) in [5.74, 6) is 0.0106. The van der Waals surface area contributed by atoms with Crippen LogP contribution in [0.5, 0.6) is 0 Å². The number of rotatable bonds is 4. The molecule has 6 heteroatoms. The quantitative estimate of drug-likeness (QED) is 0.912. The first kappa shape index (κ1) is 17.6. The third-order valence-electron chi connectivity index (χ3n) is 4.53. The average molecular weight is 358 g/mol. The van der Waals surface area contributed by atoms with Crippen LogP contribution >= 0.6 is 0 Å². The monoisotopic (exact) mass is 358 g/mol. The normalized spacial score (nSPS) is 14.2. The molecule has 0 radical (unpaired) electrons. The van der Waals surface area contributed by atoms with Gasteiger partial charge in [0.25, 0.3) is 0 Å². The molecule has 0 aliphatic carbocycles. The number of benzene rings is 2. The van der Waals surface area contributed by atoms with Crippen molar-refractivity contribution in [2.24, 2.45) is 0 Å². The van der Waals surface area contributed by atoms with Gasteiger partial charge >= 0.3 is 0 Å². The minimum absolute atomic E-state index is 0.0106.